The molecular weight excluding hydrogens is 302 g/mol. The monoisotopic (exact) mass is 325 g/mol. The number of ether oxygens (including phenoxy) is 1. The van der Waals surface area contributed by atoms with Crippen molar-refractivity contribution in [3.05, 3.63) is 71.9 Å². The van der Waals surface area contributed by atoms with Crippen LogP contribution in [0, 0.1) is 0 Å². The summed E-state index contributed by atoms with van der Waals surface area (Å²) in [6.45, 7) is 6.40. The van der Waals surface area contributed by atoms with Gasteiger partial charge in [-0.3, -0.25) is 0 Å². The maximum atomic E-state index is 5.71. The first-order valence-electron chi connectivity index (χ1n) is 7.73. The molecule has 0 radical (unpaired) electrons. The van der Waals surface area contributed by atoms with Gasteiger partial charge in [0.05, 0.1) is 7.11 Å². The third-order valence-electron chi connectivity index (χ3n) is 3.69. The molecule has 0 aliphatic heterocycles. The first-order valence-corrected chi connectivity index (χ1v) is 8.14. The highest BCUT2D eigenvalue weighted by Gasteiger charge is 2.14. The topological polar surface area (TPSA) is 12.5 Å². The summed E-state index contributed by atoms with van der Waals surface area (Å²) >= 11 is 5.71. The number of hydrogen-bond acceptors (Lipinski definition) is 2. The van der Waals surface area contributed by atoms with E-state index >= 15 is 0 Å². The lowest BCUT2D eigenvalue weighted by atomic mass is 10.1. The van der Waals surface area contributed by atoms with Gasteiger partial charge in [-0.05, 0) is 56.2 Å². The number of rotatable bonds is 5. The fourth-order valence-corrected chi connectivity index (χ4v) is 2.71. The van der Waals surface area contributed by atoms with Crippen LogP contribution in [0.5, 0.6) is 5.75 Å². The van der Waals surface area contributed by atoms with E-state index in [9.17, 15) is 0 Å². The number of benzene rings is 2. The van der Waals surface area contributed by atoms with Crippen LogP contribution in [0.4, 0.5) is 0 Å². The number of nitrogens with zero attached hydrogens (tertiary/aromatic N) is 1. The molecule has 0 fully saturated rings. The third kappa shape index (κ3) is 4.42. The van der Waals surface area contributed by atoms with E-state index in [4.69, 9.17) is 17.0 Å². The molecule has 0 saturated heterocycles. The first-order chi connectivity index (χ1) is 11.0. The molecule has 0 spiro atoms. The van der Waals surface area contributed by atoms with E-state index in [2.05, 4.69) is 44.0 Å². The number of hydrogen-bond donors (Lipinski definition) is 0. The van der Waals surface area contributed by atoms with Gasteiger partial charge in [-0.2, -0.15) is 0 Å². The van der Waals surface area contributed by atoms with E-state index in [1.165, 1.54) is 11.1 Å². The van der Waals surface area contributed by atoms with Crippen molar-refractivity contribution in [3.8, 4) is 5.75 Å². The summed E-state index contributed by atoms with van der Waals surface area (Å²) in [5, 5.41) is 0. The minimum Gasteiger partial charge on any atom is -0.497 e. The Morgan fingerprint density at radius 2 is 1.61 bits per heavy atom. The second kappa shape index (κ2) is 7.93. The lowest BCUT2D eigenvalue weighted by molar-refractivity contribution is 0.414. The van der Waals surface area contributed by atoms with E-state index in [-0.39, 0.29) is 6.04 Å². The zero-order valence-corrected chi connectivity index (χ0v) is 14.9. The van der Waals surface area contributed by atoms with Crippen LogP contribution in [0.2, 0.25) is 0 Å². The maximum absolute atomic E-state index is 5.71. The number of thiocarbonyl (C=S) groups is 1. The van der Waals surface area contributed by atoms with E-state index < -0.39 is 0 Å². The second-order valence-corrected chi connectivity index (χ2v) is 6.10. The summed E-state index contributed by atoms with van der Waals surface area (Å²) in [7, 11) is 1.67. The van der Waals surface area contributed by atoms with Crippen LogP contribution in [0.15, 0.2) is 60.8 Å². The van der Waals surface area contributed by atoms with Crippen LogP contribution in [-0.4, -0.2) is 23.0 Å². The summed E-state index contributed by atoms with van der Waals surface area (Å²) in [6, 6.07) is 18.5. The minimum absolute atomic E-state index is 0.281. The average Bonchev–Trinajstić information content (AvgIpc) is 2.59. The Bertz CT molecular complexity index is 675. The highest BCUT2D eigenvalue weighted by atomic mass is 32.1. The molecule has 3 heteroatoms. The second-order valence-electron chi connectivity index (χ2n) is 5.71. The third-order valence-corrected chi connectivity index (χ3v) is 4.14. The summed E-state index contributed by atoms with van der Waals surface area (Å²) in [5.41, 5.74) is 3.41. The molecule has 0 aliphatic carbocycles. The summed E-state index contributed by atoms with van der Waals surface area (Å²) in [5.74, 6) is 0.837. The standard InChI is InChI=1S/C20H23NOS/c1-15(2)21(14-16(3)17-8-6-5-7-9-17)20(23)18-10-12-19(22-4)13-11-18/h5-15H,1-4H3/b16-14+. The lowest BCUT2D eigenvalue weighted by Crippen LogP contribution is -2.31. The molecule has 0 aliphatic rings. The fraction of sp³-hybridized carbons (Fsp3) is 0.250. The van der Waals surface area contributed by atoms with E-state index in [1.807, 2.05) is 42.5 Å². The molecule has 23 heavy (non-hydrogen) atoms. The molecule has 0 heterocycles. The smallest absolute Gasteiger partial charge is 0.118 e. The predicted molar refractivity (Wildman–Crippen MR) is 102 cm³/mol. The summed E-state index contributed by atoms with van der Waals surface area (Å²) < 4.78 is 5.21. The average molecular weight is 325 g/mol. The molecule has 0 aromatic heterocycles. The molecular formula is C20H23NOS. The molecule has 2 nitrogen and oxygen atoms in total. The minimum atomic E-state index is 0.281. The Labute approximate surface area is 144 Å². The largest absolute Gasteiger partial charge is 0.497 e. The van der Waals surface area contributed by atoms with Crippen LogP contribution >= 0.6 is 12.2 Å². The van der Waals surface area contributed by atoms with Crippen molar-refractivity contribution in [1.82, 2.24) is 4.90 Å². The Hall–Kier alpha value is -2.13. The van der Waals surface area contributed by atoms with Crippen molar-refractivity contribution in [2.75, 3.05) is 7.11 Å². The van der Waals surface area contributed by atoms with Gasteiger partial charge in [0.25, 0.3) is 0 Å². The van der Waals surface area contributed by atoms with Gasteiger partial charge in [0, 0.05) is 17.8 Å². The quantitative estimate of drug-likeness (QED) is 0.706. The van der Waals surface area contributed by atoms with Crippen molar-refractivity contribution in [1.29, 1.82) is 0 Å². The molecule has 0 N–H and O–H groups in total. The maximum Gasteiger partial charge on any atom is 0.118 e. The molecule has 120 valence electrons. The molecule has 2 aromatic rings. The zero-order valence-electron chi connectivity index (χ0n) is 14.1. The SMILES string of the molecule is COc1ccc(C(=S)N(/C=C(\C)c2ccccc2)C(C)C)cc1. The fourth-order valence-electron chi connectivity index (χ4n) is 2.31. The predicted octanol–water partition coefficient (Wildman–Crippen LogP) is 5.14. The highest BCUT2D eigenvalue weighted by Crippen LogP contribution is 2.19. The Kier molecular flexibility index (Phi) is 5.94. The molecule has 2 rings (SSSR count). The highest BCUT2D eigenvalue weighted by molar-refractivity contribution is 7.80. The van der Waals surface area contributed by atoms with Crippen LogP contribution in [-0.2, 0) is 0 Å². The van der Waals surface area contributed by atoms with Crippen molar-refractivity contribution >= 4 is 22.8 Å². The van der Waals surface area contributed by atoms with Crippen LogP contribution in [0.25, 0.3) is 5.57 Å². The van der Waals surface area contributed by atoms with Gasteiger partial charge < -0.3 is 9.64 Å². The summed E-state index contributed by atoms with van der Waals surface area (Å²) in [6.07, 6.45) is 2.13. The van der Waals surface area contributed by atoms with Crippen molar-refractivity contribution < 1.29 is 4.74 Å². The van der Waals surface area contributed by atoms with E-state index in [1.54, 1.807) is 7.11 Å². The van der Waals surface area contributed by atoms with Crippen molar-refractivity contribution in [2.45, 2.75) is 26.8 Å². The number of methoxy groups -OCH3 is 1. The van der Waals surface area contributed by atoms with Crippen LogP contribution < -0.4 is 4.74 Å². The molecule has 0 atom stereocenters. The van der Waals surface area contributed by atoms with Gasteiger partial charge in [-0.1, -0.05) is 42.5 Å². The van der Waals surface area contributed by atoms with Crippen molar-refractivity contribution in [2.24, 2.45) is 0 Å². The molecule has 0 bridgehead atoms. The van der Waals surface area contributed by atoms with Gasteiger partial charge in [-0.15, -0.1) is 0 Å². The van der Waals surface area contributed by atoms with E-state index in [0.717, 1.165) is 16.3 Å². The Balaban J connectivity index is 2.28. The van der Waals surface area contributed by atoms with Gasteiger partial charge >= 0.3 is 0 Å². The zero-order chi connectivity index (χ0) is 16.8. The molecule has 0 saturated carbocycles. The molecule has 0 amide bonds. The Morgan fingerprint density at radius 3 is 2.13 bits per heavy atom. The van der Waals surface area contributed by atoms with E-state index in [0.29, 0.717) is 0 Å². The van der Waals surface area contributed by atoms with Gasteiger partial charge in [0.2, 0.25) is 0 Å². The molecule has 0 unspecified atom stereocenters. The lowest BCUT2D eigenvalue weighted by Gasteiger charge is -2.27. The van der Waals surface area contributed by atoms with Crippen LogP contribution in [0.3, 0.4) is 0 Å². The van der Waals surface area contributed by atoms with Gasteiger partial charge in [0.1, 0.15) is 10.7 Å². The molecule has 2 aromatic carbocycles. The normalized spacial score (nSPS) is 11.4. The van der Waals surface area contributed by atoms with Gasteiger partial charge in [-0.25, -0.2) is 0 Å². The Morgan fingerprint density at radius 1 is 1.00 bits per heavy atom. The first kappa shape index (κ1) is 17.2. The van der Waals surface area contributed by atoms with Crippen molar-refractivity contribution in [3.63, 3.8) is 0 Å². The summed E-state index contributed by atoms with van der Waals surface area (Å²) in [4.78, 5) is 2.96. The number of allylic oxidation sites excluding steroid dienone is 1. The van der Waals surface area contributed by atoms with Gasteiger partial charge in [0.15, 0.2) is 0 Å². The van der Waals surface area contributed by atoms with Crippen LogP contribution in [0.1, 0.15) is 31.9 Å².